The van der Waals surface area contributed by atoms with E-state index >= 15 is 0 Å². The Kier molecular flexibility index (Phi) is 5.48. The summed E-state index contributed by atoms with van der Waals surface area (Å²) in [7, 11) is -3.11. The molecule has 1 amide bonds. The molecule has 0 unspecified atom stereocenters. The van der Waals surface area contributed by atoms with Crippen LogP contribution in [0.1, 0.15) is 30.6 Å². The minimum atomic E-state index is -3.11. The number of aromatic hydroxyl groups is 1. The molecule has 2 atom stereocenters. The molecule has 1 saturated heterocycles. The van der Waals surface area contributed by atoms with Gasteiger partial charge in [-0.1, -0.05) is 0 Å². The maximum Gasteiger partial charge on any atom is 0.338 e. The van der Waals surface area contributed by atoms with Crippen LogP contribution in [0.25, 0.3) is 0 Å². The van der Waals surface area contributed by atoms with E-state index in [1.165, 1.54) is 36.1 Å². The van der Waals surface area contributed by atoms with Crippen LogP contribution >= 0.6 is 0 Å². The van der Waals surface area contributed by atoms with E-state index in [1.54, 1.807) is 6.92 Å². The first-order chi connectivity index (χ1) is 11.2. The average molecular weight is 355 g/mol. The second kappa shape index (κ2) is 7.21. The molecule has 1 heterocycles. The van der Waals surface area contributed by atoms with Gasteiger partial charge in [0.15, 0.2) is 15.9 Å². The van der Waals surface area contributed by atoms with Crippen molar-refractivity contribution < 1.29 is 27.9 Å². The van der Waals surface area contributed by atoms with E-state index < -0.39 is 27.8 Å². The van der Waals surface area contributed by atoms with Gasteiger partial charge in [0.2, 0.25) is 0 Å². The highest BCUT2D eigenvalue weighted by molar-refractivity contribution is 7.91. The van der Waals surface area contributed by atoms with Gasteiger partial charge in [0.1, 0.15) is 5.75 Å². The van der Waals surface area contributed by atoms with Gasteiger partial charge in [-0.3, -0.25) is 4.79 Å². The summed E-state index contributed by atoms with van der Waals surface area (Å²) in [5.41, 5.74) is 0.221. The molecule has 1 aromatic carbocycles. The Morgan fingerprint density at radius 2 is 1.96 bits per heavy atom. The maximum atomic E-state index is 12.5. The molecule has 0 radical (unpaired) electrons. The van der Waals surface area contributed by atoms with Gasteiger partial charge in [-0.05, 0) is 44.5 Å². The summed E-state index contributed by atoms with van der Waals surface area (Å²) in [5, 5.41) is 9.21. The Balaban J connectivity index is 2.02. The summed E-state index contributed by atoms with van der Waals surface area (Å²) >= 11 is 0. The molecule has 0 aliphatic carbocycles. The molecule has 8 heteroatoms. The Hall–Kier alpha value is -2.09. The molecule has 0 saturated carbocycles. The van der Waals surface area contributed by atoms with Gasteiger partial charge in [0, 0.05) is 12.6 Å². The first-order valence-corrected chi connectivity index (χ1v) is 9.56. The Morgan fingerprint density at radius 1 is 1.33 bits per heavy atom. The molecule has 1 fully saturated rings. The molecule has 0 spiro atoms. The van der Waals surface area contributed by atoms with Gasteiger partial charge in [-0.15, -0.1) is 0 Å². The lowest BCUT2D eigenvalue weighted by atomic mass is 10.2. The summed E-state index contributed by atoms with van der Waals surface area (Å²) in [6, 6.07) is 5.13. The molecule has 0 bridgehead atoms. The van der Waals surface area contributed by atoms with Crippen molar-refractivity contribution in [1.29, 1.82) is 0 Å². The van der Waals surface area contributed by atoms with Crippen LogP contribution in [0.4, 0.5) is 0 Å². The van der Waals surface area contributed by atoms with E-state index in [0.29, 0.717) is 13.0 Å². The summed E-state index contributed by atoms with van der Waals surface area (Å²) in [6.07, 6.45) is -0.616. The van der Waals surface area contributed by atoms with Crippen molar-refractivity contribution in [3.8, 4) is 5.75 Å². The van der Waals surface area contributed by atoms with Gasteiger partial charge >= 0.3 is 5.97 Å². The highest BCUT2D eigenvalue weighted by atomic mass is 32.2. The predicted molar refractivity (Wildman–Crippen MR) is 87.4 cm³/mol. The highest BCUT2D eigenvalue weighted by Crippen LogP contribution is 2.19. The van der Waals surface area contributed by atoms with Gasteiger partial charge in [-0.2, -0.15) is 0 Å². The topological polar surface area (TPSA) is 101 Å². The molecule has 2 rings (SSSR count). The zero-order valence-electron chi connectivity index (χ0n) is 13.6. The van der Waals surface area contributed by atoms with E-state index in [9.17, 15) is 23.1 Å². The van der Waals surface area contributed by atoms with E-state index in [-0.39, 0.29) is 28.9 Å². The van der Waals surface area contributed by atoms with Crippen LogP contribution in [0, 0.1) is 0 Å². The SMILES string of the molecule is CCN(C(=O)[C@@H](C)OC(=O)c1ccc(O)cc1)[C@@H]1CCS(=O)(=O)C1. The molecular formula is C16H21NO6S. The number of carbonyl (C=O) groups excluding carboxylic acids is 2. The second-order valence-corrected chi connectivity index (χ2v) is 8.00. The number of rotatable bonds is 5. The third-order valence-corrected chi connectivity index (χ3v) is 5.76. The fourth-order valence-electron chi connectivity index (χ4n) is 2.73. The van der Waals surface area contributed by atoms with Crippen LogP contribution in [-0.2, 0) is 19.4 Å². The van der Waals surface area contributed by atoms with Crippen molar-refractivity contribution in [3.63, 3.8) is 0 Å². The maximum absolute atomic E-state index is 12.5. The zero-order valence-corrected chi connectivity index (χ0v) is 14.5. The van der Waals surface area contributed by atoms with Crippen molar-refractivity contribution in [3.05, 3.63) is 29.8 Å². The monoisotopic (exact) mass is 355 g/mol. The Bertz CT molecular complexity index is 713. The number of ether oxygens (including phenoxy) is 1. The minimum absolute atomic E-state index is 0.0234. The number of amides is 1. The van der Waals surface area contributed by atoms with Crippen molar-refractivity contribution >= 4 is 21.7 Å². The van der Waals surface area contributed by atoms with Crippen LogP contribution in [0.15, 0.2) is 24.3 Å². The lowest BCUT2D eigenvalue weighted by Gasteiger charge is -2.29. The number of esters is 1. The summed E-state index contributed by atoms with van der Waals surface area (Å²) in [5.74, 6) is -1.04. The number of likely N-dealkylation sites (N-methyl/N-ethyl adjacent to an activating group) is 1. The summed E-state index contributed by atoms with van der Waals surface area (Å²) in [4.78, 5) is 26.0. The van der Waals surface area contributed by atoms with Crippen LogP contribution in [0.3, 0.4) is 0 Å². The quantitative estimate of drug-likeness (QED) is 0.790. The van der Waals surface area contributed by atoms with Crippen LogP contribution in [-0.4, -0.2) is 60.5 Å². The summed E-state index contributed by atoms with van der Waals surface area (Å²) < 4.78 is 28.4. The molecule has 1 aliphatic rings. The van der Waals surface area contributed by atoms with Crippen molar-refractivity contribution in [2.75, 3.05) is 18.1 Å². The molecule has 24 heavy (non-hydrogen) atoms. The number of carbonyl (C=O) groups is 2. The number of sulfone groups is 1. The minimum Gasteiger partial charge on any atom is -0.508 e. The molecule has 1 aromatic rings. The zero-order chi connectivity index (χ0) is 17.9. The molecule has 7 nitrogen and oxygen atoms in total. The van der Waals surface area contributed by atoms with Crippen LogP contribution < -0.4 is 0 Å². The molecule has 1 aliphatic heterocycles. The number of phenolic OH excluding ortho intramolecular Hbond substituents is 1. The average Bonchev–Trinajstić information content (AvgIpc) is 2.88. The van der Waals surface area contributed by atoms with E-state index in [0.717, 1.165) is 0 Å². The number of benzene rings is 1. The van der Waals surface area contributed by atoms with E-state index in [2.05, 4.69) is 0 Å². The van der Waals surface area contributed by atoms with Gasteiger partial charge < -0.3 is 14.7 Å². The van der Waals surface area contributed by atoms with Gasteiger partial charge in [0.05, 0.1) is 17.1 Å². The van der Waals surface area contributed by atoms with Crippen LogP contribution in [0.2, 0.25) is 0 Å². The lowest BCUT2D eigenvalue weighted by Crippen LogP contribution is -2.46. The first kappa shape index (κ1) is 18.3. The second-order valence-electron chi connectivity index (χ2n) is 5.78. The molecule has 132 valence electrons. The normalized spacial score (nSPS) is 20.3. The van der Waals surface area contributed by atoms with Crippen LogP contribution in [0.5, 0.6) is 5.75 Å². The molecular weight excluding hydrogens is 334 g/mol. The largest absolute Gasteiger partial charge is 0.508 e. The lowest BCUT2D eigenvalue weighted by molar-refractivity contribution is -0.141. The van der Waals surface area contributed by atoms with Crippen molar-refractivity contribution in [1.82, 2.24) is 4.90 Å². The predicted octanol–water partition coefficient (Wildman–Crippen LogP) is 0.973. The van der Waals surface area contributed by atoms with Crippen molar-refractivity contribution in [2.45, 2.75) is 32.4 Å². The first-order valence-electron chi connectivity index (χ1n) is 7.74. The summed E-state index contributed by atoms with van der Waals surface area (Å²) in [6.45, 7) is 3.57. The highest BCUT2D eigenvalue weighted by Gasteiger charge is 2.36. The molecule has 0 aromatic heterocycles. The third kappa shape index (κ3) is 4.25. The smallest absolute Gasteiger partial charge is 0.338 e. The number of hydrogen-bond donors (Lipinski definition) is 1. The molecule has 1 N–H and O–H groups in total. The standard InChI is InChI=1S/C16H21NO6S/c1-3-17(13-8-9-24(21,22)10-13)15(19)11(2)23-16(20)12-4-6-14(18)7-5-12/h4-7,11,13,18H,3,8-10H2,1-2H3/t11-,13-/m1/s1. The van der Waals surface area contributed by atoms with E-state index in [1.807, 2.05) is 0 Å². The van der Waals surface area contributed by atoms with Gasteiger partial charge in [-0.25, -0.2) is 13.2 Å². The fourth-order valence-corrected chi connectivity index (χ4v) is 4.46. The Morgan fingerprint density at radius 3 is 2.46 bits per heavy atom. The van der Waals surface area contributed by atoms with E-state index in [4.69, 9.17) is 4.74 Å². The van der Waals surface area contributed by atoms with Gasteiger partial charge in [0.25, 0.3) is 5.91 Å². The fraction of sp³-hybridized carbons (Fsp3) is 0.500. The third-order valence-electron chi connectivity index (χ3n) is 4.01. The number of phenols is 1. The number of nitrogens with zero attached hydrogens (tertiary/aromatic N) is 1. The Labute approximate surface area is 141 Å². The van der Waals surface area contributed by atoms with Crippen molar-refractivity contribution in [2.24, 2.45) is 0 Å². The number of hydrogen-bond acceptors (Lipinski definition) is 6.